The summed E-state index contributed by atoms with van der Waals surface area (Å²) in [5.74, 6) is -3.72. The van der Waals surface area contributed by atoms with Crippen LogP contribution in [0.2, 0.25) is 0 Å². The number of guanidine groups is 1. The Hall–Kier alpha value is -4.77. The molecule has 2 saturated heterocycles. The van der Waals surface area contributed by atoms with Crippen molar-refractivity contribution in [3.05, 3.63) is 33.1 Å². The molecule has 4 heterocycles. The Morgan fingerprint density at radius 3 is 2.36 bits per heavy atom. The lowest BCUT2D eigenvalue weighted by atomic mass is 9.97. The number of aliphatic imine (C=N–C) groups is 1. The molecule has 0 spiro atoms. The number of primary amides is 1. The minimum Gasteiger partial charge on any atom is -0.480 e. The Morgan fingerprint density at radius 2 is 1.76 bits per heavy atom. The number of nitrogens with one attached hydrogen (secondary N) is 6. The van der Waals surface area contributed by atoms with Gasteiger partial charge in [0, 0.05) is 39.0 Å². The second kappa shape index (κ2) is 21.0. The van der Waals surface area contributed by atoms with Gasteiger partial charge in [0.05, 0.1) is 12.1 Å². The van der Waals surface area contributed by atoms with Crippen molar-refractivity contribution in [1.29, 1.82) is 0 Å². The number of hydrogen-bond donors (Lipinski definition) is 14. The number of methoxy groups -OCH3 is 1. The summed E-state index contributed by atoms with van der Waals surface area (Å²) in [5, 5.41) is 67.1. The highest BCUT2D eigenvalue weighted by Crippen LogP contribution is 2.35. The second-order valence-electron chi connectivity index (χ2n) is 14.5. The van der Waals surface area contributed by atoms with Crippen molar-refractivity contribution in [2.45, 2.75) is 112 Å². The number of aliphatic hydroxyl groups is 4. The molecule has 0 radical (unpaired) electrons. The molecular formula is C33H55N11O15. The van der Waals surface area contributed by atoms with Crippen LogP contribution in [0.3, 0.4) is 0 Å². The van der Waals surface area contributed by atoms with Gasteiger partial charge in [-0.2, -0.15) is 0 Å². The van der Waals surface area contributed by atoms with Gasteiger partial charge in [0.15, 0.2) is 18.5 Å². The number of hydrogen-bond acceptors (Lipinski definition) is 19. The van der Waals surface area contributed by atoms with E-state index >= 15 is 0 Å². The number of ether oxygens (including phenoxy) is 4. The van der Waals surface area contributed by atoms with Gasteiger partial charge >= 0.3 is 17.7 Å². The summed E-state index contributed by atoms with van der Waals surface area (Å²) in [4.78, 5) is 81.6. The fourth-order valence-corrected chi connectivity index (χ4v) is 6.90. The molecule has 0 aliphatic carbocycles. The van der Waals surface area contributed by atoms with E-state index < -0.39 is 126 Å². The van der Waals surface area contributed by atoms with Gasteiger partial charge in [-0.1, -0.05) is 13.8 Å². The molecule has 1 aromatic heterocycles. The van der Waals surface area contributed by atoms with Gasteiger partial charge in [-0.15, -0.1) is 0 Å². The van der Waals surface area contributed by atoms with Gasteiger partial charge in [-0.05, 0) is 25.3 Å². The van der Waals surface area contributed by atoms with Crippen LogP contribution in [-0.2, 0) is 33.3 Å². The highest BCUT2D eigenvalue weighted by atomic mass is 16.7. The number of carbonyl (C=O) groups is 4. The third kappa shape index (κ3) is 11.5. The number of carboxylic acid groups (broad SMARTS) is 1. The van der Waals surface area contributed by atoms with E-state index in [2.05, 4.69) is 31.6 Å². The van der Waals surface area contributed by atoms with Crippen molar-refractivity contribution in [2.24, 2.45) is 28.1 Å². The Morgan fingerprint density at radius 1 is 1.05 bits per heavy atom. The van der Waals surface area contributed by atoms with E-state index in [0.29, 0.717) is 0 Å². The molecule has 4 amide bonds. The fraction of sp³-hybridized carbons (Fsp3) is 0.727. The highest BCUT2D eigenvalue weighted by molar-refractivity contribution is 5.93. The van der Waals surface area contributed by atoms with Gasteiger partial charge in [0.2, 0.25) is 11.8 Å². The van der Waals surface area contributed by atoms with Crippen LogP contribution in [0.4, 0.5) is 4.79 Å². The normalized spacial score (nSPS) is 29.4. The lowest BCUT2D eigenvalue weighted by molar-refractivity contribution is -0.231. The first-order valence-electron chi connectivity index (χ1n) is 18.8. The molecule has 4 rings (SSSR count). The summed E-state index contributed by atoms with van der Waals surface area (Å²) < 4.78 is 23.7. The molecule has 0 saturated carbocycles. The van der Waals surface area contributed by atoms with Crippen LogP contribution < -0.4 is 55.0 Å². The molecule has 59 heavy (non-hydrogen) atoms. The average molecular weight is 846 g/mol. The largest absolute Gasteiger partial charge is 0.480 e. The Bertz CT molecular complexity index is 1760. The second-order valence-corrected chi connectivity index (χ2v) is 14.5. The number of amides is 4. The lowest BCUT2D eigenvalue weighted by Gasteiger charge is -2.34. The third-order valence-electron chi connectivity index (χ3n) is 10.1. The quantitative estimate of drug-likeness (QED) is 0.0542. The van der Waals surface area contributed by atoms with E-state index in [1.54, 1.807) is 13.8 Å². The van der Waals surface area contributed by atoms with Crippen molar-refractivity contribution in [3.8, 4) is 0 Å². The maximum atomic E-state index is 13.4. The molecule has 14 atom stereocenters. The summed E-state index contributed by atoms with van der Waals surface area (Å²) in [7, 11) is 1.23. The molecule has 3 aliphatic rings. The molecule has 3 aliphatic heterocycles. The van der Waals surface area contributed by atoms with Crippen molar-refractivity contribution in [2.75, 3.05) is 33.3 Å². The number of carboxylic acids is 1. The van der Waals surface area contributed by atoms with Gasteiger partial charge < -0.3 is 88.3 Å². The van der Waals surface area contributed by atoms with Gasteiger partial charge in [-0.3, -0.25) is 33.7 Å². The van der Waals surface area contributed by atoms with Crippen molar-refractivity contribution in [1.82, 2.24) is 36.1 Å². The van der Waals surface area contributed by atoms with Crippen LogP contribution in [0.5, 0.6) is 0 Å². The highest BCUT2D eigenvalue weighted by Gasteiger charge is 2.54. The number of urea groups is 1. The predicted molar refractivity (Wildman–Crippen MR) is 201 cm³/mol. The summed E-state index contributed by atoms with van der Waals surface area (Å²) in [6.45, 7) is 2.98. The van der Waals surface area contributed by atoms with Crippen LogP contribution in [0.15, 0.2) is 26.8 Å². The van der Waals surface area contributed by atoms with Crippen LogP contribution in [0.25, 0.3) is 0 Å². The number of aliphatic hydroxyl groups excluding tert-OH is 4. The summed E-state index contributed by atoms with van der Waals surface area (Å²) >= 11 is 0. The molecule has 26 heteroatoms. The first-order chi connectivity index (χ1) is 27.9. The monoisotopic (exact) mass is 845 g/mol. The van der Waals surface area contributed by atoms with E-state index in [-0.39, 0.29) is 45.0 Å². The third-order valence-corrected chi connectivity index (χ3v) is 10.1. The van der Waals surface area contributed by atoms with Gasteiger partial charge in [-0.25, -0.2) is 9.59 Å². The Balaban J connectivity index is 1.48. The number of H-pyrrole nitrogens is 1. The van der Waals surface area contributed by atoms with E-state index in [1.807, 2.05) is 4.98 Å². The molecular weight excluding hydrogens is 790 g/mol. The number of aliphatic carboxylic acids is 1. The number of aromatic amines is 1. The van der Waals surface area contributed by atoms with Crippen molar-refractivity contribution in [3.63, 3.8) is 0 Å². The number of nitrogens with two attached hydrogens (primary N) is 3. The van der Waals surface area contributed by atoms with Gasteiger partial charge in [0.1, 0.15) is 60.9 Å². The van der Waals surface area contributed by atoms with E-state index in [0.717, 1.165) is 16.8 Å². The number of carbonyl (C=O) groups excluding carboxylic acids is 3. The van der Waals surface area contributed by atoms with Crippen LogP contribution in [-0.4, -0.2) is 177 Å². The summed E-state index contributed by atoms with van der Waals surface area (Å²) in [5.41, 5.74) is 15.0. The summed E-state index contributed by atoms with van der Waals surface area (Å²) in [6.07, 6.45) is -13.9. The maximum Gasteiger partial charge on any atom is 0.330 e. The van der Waals surface area contributed by atoms with Crippen molar-refractivity contribution < 1.29 is 63.7 Å². The minimum absolute atomic E-state index is 0.0256. The van der Waals surface area contributed by atoms with Crippen LogP contribution >= 0.6 is 0 Å². The SMILES string of the molecule is CO[C@H]1C(OC(C(NCCCNC(=O)C(NC(=O)C(NC(N)=O)C2CCN=C(N)N2)C(O)C(C)C)C(=O)O)[C@H]2O[C@@H](n3ccc(=O)[nH]c3=O)[C@H](O)[C@@H]2O)O[C@H](CN)[C@H]1O. The molecule has 0 bridgehead atoms. The smallest absolute Gasteiger partial charge is 0.330 e. The van der Waals surface area contributed by atoms with E-state index in [1.165, 1.54) is 7.11 Å². The zero-order chi connectivity index (χ0) is 43.7. The first-order valence-corrected chi connectivity index (χ1v) is 18.8. The fourth-order valence-electron chi connectivity index (χ4n) is 6.90. The molecule has 26 nitrogen and oxygen atoms in total. The van der Waals surface area contributed by atoms with Crippen LogP contribution in [0.1, 0.15) is 32.9 Å². The number of rotatable bonds is 20. The Kier molecular flexibility index (Phi) is 16.7. The zero-order valence-electron chi connectivity index (χ0n) is 32.5. The van der Waals surface area contributed by atoms with E-state index in [9.17, 15) is 54.3 Å². The van der Waals surface area contributed by atoms with Crippen molar-refractivity contribution >= 4 is 29.8 Å². The number of aromatic nitrogens is 2. The molecule has 7 unspecified atom stereocenters. The van der Waals surface area contributed by atoms with Crippen LogP contribution in [0, 0.1) is 5.92 Å². The Labute approximate surface area is 336 Å². The van der Waals surface area contributed by atoms with E-state index in [4.69, 9.17) is 36.1 Å². The number of nitrogens with zero attached hydrogens (tertiary/aromatic N) is 2. The minimum atomic E-state index is -1.89. The topological polar surface area (TPSA) is 412 Å². The average Bonchev–Trinajstić information content (AvgIpc) is 3.65. The zero-order valence-corrected chi connectivity index (χ0v) is 32.5. The molecule has 0 aromatic carbocycles. The molecule has 1 aromatic rings. The summed E-state index contributed by atoms with van der Waals surface area (Å²) in [6, 6.07) is -5.40. The lowest BCUT2D eigenvalue weighted by Crippen LogP contribution is -2.65. The standard InChI is InChI=1S/C33H55N11O15/c1-12(2)19(46)17(42-27(51)16(43-32(36)54)13-5-9-39-31(35)40-13)26(50)38-8-4-7-37-18(29(52)53)23(59-30-25(56-3)20(47)14(11-34)57-30)24-21(48)22(49)28(58-24)44-10-6-15(45)41-33(44)55/h6,10,12-14,16-25,28,30,37,46-49H,4-5,7-9,11,34H2,1-3H3,(H,38,50)(H,42,51)(H,52,53)(H3,35,39,40)(H3,36,43,54)(H,41,45,55)/t13?,14-,16?,17?,18?,19?,20-,21+,22-,23?,24+,25-,28-,30?/m1/s1. The first kappa shape index (κ1) is 46.9. The van der Waals surface area contributed by atoms with Gasteiger partial charge in [0.25, 0.3) is 5.56 Å². The molecule has 2 fully saturated rings. The predicted octanol–water partition coefficient (Wildman–Crippen LogP) is -7.64. The molecule has 332 valence electrons. The maximum absolute atomic E-state index is 13.4. The molecule has 17 N–H and O–H groups in total.